The van der Waals surface area contributed by atoms with Crippen LogP contribution in [0.25, 0.3) is 10.9 Å². The van der Waals surface area contributed by atoms with Crippen molar-refractivity contribution < 1.29 is 0 Å². The molecule has 1 heterocycles. The Bertz CT molecular complexity index is 750. The Morgan fingerprint density at radius 2 is 1.68 bits per heavy atom. The molecular formula is C16H11BrN2. The van der Waals surface area contributed by atoms with Crippen LogP contribution in [0.4, 0.5) is 5.69 Å². The molecule has 2 nitrogen and oxygen atoms in total. The predicted molar refractivity (Wildman–Crippen MR) is 83.1 cm³/mol. The van der Waals surface area contributed by atoms with Gasteiger partial charge in [0.25, 0.3) is 0 Å². The standard InChI is InChI=1S/C16H11BrN2/c17-14-6-2-4-8-16(14)18-11-13-10-9-12-5-1-3-7-15(12)19-13/h1-11H. The van der Waals surface area contributed by atoms with Crippen molar-refractivity contribution in [2.75, 3.05) is 0 Å². The van der Waals surface area contributed by atoms with Crippen LogP contribution in [-0.2, 0) is 0 Å². The fourth-order valence-corrected chi connectivity index (χ4v) is 2.23. The van der Waals surface area contributed by atoms with Gasteiger partial charge >= 0.3 is 0 Å². The van der Waals surface area contributed by atoms with E-state index in [0.717, 1.165) is 26.8 Å². The van der Waals surface area contributed by atoms with Gasteiger partial charge in [-0.1, -0.05) is 36.4 Å². The smallest absolute Gasteiger partial charge is 0.0820 e. The number of benzene rings is 2. The van der Waals surface area contributed by atoms with Crippen LogP contribution < -0.4 is 0 Å². The van der Waals surface area contributed by atoms with Crippen LogP contribution in [0.15, 0.2) is 70.1 Å². The van der Waals surface area contributed by atoms with Gasteiger partial charge in [0.1, 0.15) is 0 Å². The van der Waals surface area contributed by atoms with E-state index in [1.165, 1.54) is 0 Å². The van der Waals surface area contributed by atoms with Crippen LogP contribution in [0, 0.1) is 0 Å². The van der Waals surface area contributed by atoms with E-state index in [1.54, 1.807) is 6.21 Å². The molecule has 0 atom stereocenters. The van der Waals surface area contributed by atoms with Crippen molar-refractivity contribution in [3.05, 3.63) is 70.8 Å². The van der Waals surface area contributed by atoms with Crippen LogP contribution in [0.5, 0.6) is 0 Å². The van der Waals surface area contributed by atoms with E-state index in [2.05, 4.69) is 38.0 Å². The number of hydrogen-bond donors (Lipinski definition) is 0. The van der Waals surface area contributed by atoms with Gasteiger partial charge < -0.3 is 0 Å². The van der Waals surface area contributed by atoms with Gasteiger partial charge in [0.05, 0.1) is 23.1 Å². The Morgan fingerprint density at radius 3 is 2.58 bits per heavy atom. The lowest BCUT2D eigenvalue weighted by atomic mass is 10.2. The van der Waals surface area contributed by atoms with Crippen LogP contribution in [0.3, 0.4) is 0 Å². The number of pyridine rings is 1. The molecule has 0 aliphatic heterocycles. The Morgan fingerprint density at radius 1 is 0.895 bits per heavy atom. The van der Waals surface area contributed by atoms with E-state index in [4.69, 9.17) is 0 Å². The van der Waals surface area contributed by atoms with Crippen molar-refractivity contribution in [1.29, 1.82) is 0 Å². The zero-order valence-corrected chi connectivity index (χ0v) is 11.7. The summed E-state index contributed by atoms with van der Waals surface area (Å²) in [6.45, 7) is 0. The number of aromatic nitrogens is 1. The molecule has 0 aliphatic carbocycles. The Balaban J connectivity index is 1.95. The third-order valence-corrected chi connectivity index (χ3v) is 3.48. The second-order valence-corrected chi connectivity index (χ2v) is 4.99. The number of fused-ring (bicyclic) bond motifs is 1. The summed E-state index contributed by atoms with van der Waals surface area (Å²) in [4.78, 5) is 9.00. The van der Waals surface area contributed by atoms with Crippen molar-refractivity contribution in [1.82, 2.24) is 4.98 Å². The fraction of sp³-hybridized carbons (Fsp3) is 0. The van der Waals surface area contributed by atoms with E-state index in [0.29, 0.717) is 0 Å². The molecule has 0 unspecified atom stereocenters. The maximum atomic E-state index is 4.56. The third kappa shape index (κ3) is 2.71. The first-order chi connectivity index (χ1) is 9.33. The summed E-state index contributed by atoms with van der Waals surface area (Å²) >= 11 is 3.48. The van der Waals surface area contributed by atoms with Crippen LogP contribution in [0.1, 0.15) is 5.69 Å². The van der Waals surface area contributed by atoms with Gasteiger partial charge in [-0.2, -0.15) is 0 Å². The second kappa shape index (κ2) is 5.33. The van der Waals surface area contributed by atoms with Gasteiger partial charge in [-0.05, 0) is 40.2 Å². The minimum absolute atomic E-state index is 0.856. The molecule has 3 heteroatoms. The maximum Gasteiger partial charge on any atom is 0.0820 e. The van der Waals surface area contributed by atoms with Gasteiger partial charge in [0, 0.05) is 9.86 Å². The highest BCUT2D eigenvalue weighted by Gasteiger charge is 1.97. The van der Waals surface area contributed by atoms with E-state index in [1.807, 2.05) is 48.5 Å². The van der Waals surface area contributed by atoms with Gasteiger partial charge in [-0.3, -0.25) is 4.99 Å². The topological polar surface area (TPSA) is 25.2 Å². The molecule has 0 radical (unpaired) electrons. The van der Waals surface area contributed by atoms with Crippen LogP contribution in [-0.4, -0.2) is 11.2 Å². The van der Waals surface area contributed by atoms with Gasteiger partial charge in [-0.15, -0.1) is 0 Å². The maximum absolute atomic E-state index is 4.56. The Kier molecular flexibility index (Phi) is 3.38. The lowest BCUT2D eigenvalue weighted by Crippen LogP contribution is -1.87. The Labute approximate surface area is 120 Å². The molecular weight excluding hydrogens is 300 g/mol. The summed E-state index contributed by atoms with van der Waals surface area (Å²) in [6, 6.07) is 20.0. The zero-order valence-electron chi connectivity index (χ0n) is 10.1. The lowest BCUT2D eigenvalue weighted by Gasteiger charge is -1.99. The van der Waals surface area contributed by atoms with Crippen molar-refractivity contribution in [3.8, 4) is 0 Å². The van der Waals surface area contributed by atoms with Crippen molar-refractivity contribution >= 4 is 38.7 Å². The van der Waals surface area contributed by atoms with Crippen molar-refractivity contribution in [3.63, 3.8) is 0 Å². The average Bonchev–Trinajstić information content (AvgIpc) is 2.46. The molecule has 0 saturated carbocycles. The lowest BCUT2D eigenvalue weighted by molar-refractivity contribution is 1.37. The highest BCUT2D eigenvalue weighted by Crippen LogP contribution is 2.24. The minimum Gasteiger partial charge on any atom is -0.253 e. The van der Waals surface area contributed by atoms with Crippen LogP contribution in [0.2, 0.25) is 0 Å². The SMILES string of the molecule is Brc1ccccc1N=Cc1ccc2ccccc2n1. The number of nitrogens with zero attached hydrogens (tertiary/aromatic N) is 2. The van der Waals surface area contributed by atoms with Gasteiger partial charge in [0.15, 0.2) is 0 Å². The van der Waals surface area contributed by atoms with E-state index >= 15 is 0 Å². The zero-order chi connectivity index (χ0) is 13.1. The summed E-state index contributed by atoms with van der Waals surface area (Å²) in [5.74, 6) is 0. The quantitative estimate of drug-likeness (QED) is 0.627. The first-order valence-electron chi connectivity index (χ1n) is 5.97. The van der Waals surface area contributed by atoms with Gasteiger partial charge in [0.2, 0.25) is 0 Å². The molecule has 0 fully saturated rings. The molecule has 92 valence electrons. The molecule has 3 aromatic rings. The first kappa shape index (κ1) is 12.1. The van der Waals surface area contributed by atoms with Crippen LogP contribution >= 0.6 is 15.9 Å². The molecule has 0 spiro atoms. The number of para-hydroxylation sites is 2. The summed E-state index contributed by atoms with van der Waals surface area (Å²) in [7, 11) is 0. The molecule has 0 saturated heterocycles. The van der Waals surface area contributed by atoms with E-state index in [-0.39, 0.29) is 0 Å². The summed E-state index contributed by atoms with van der Waals surface area (Å²) in [6.07, 6.45) is 1.78. The minimum atomic E-state index is 0.856. The van der Waals surface area contributed by atoms with Crippen molar-refractivity contribution in [2.24, 2.45) is 4.99 Å². The van der Waals surface area contributed by atoms with Crippen molar-refractivity contribution in [2.45, 2.75) is 0 Å². The third-order valence-electron chi connectivity index (χ3n) is 2.81. The molecule has 1 aromatic heterocycles. The summed E-state index contributed by atoms with van der Waals surface area (Å²) < 4.78 is 0.979. The van der Waals surface area contributed by atoms with E-state index < -0.39 is 0 Å². The number of halogens is 1. The number of hydrogen-bond acceptors (Lipinski definition) is 2. The molecule has 0 amide bonds. The average molecular weight is 311 g/mol. The van der Waals surface area contributed by atoms with Gasteiger partial charge in [-0.25, -0.2) is 4.98 Å². The summed E-state index contributed by atoms with van der Waals surface area (Å²) in [5.41, 5.74) is 2.74. The molecule has 0 bridgehead atoms. The first-order valence-corrected chi connectivity index (χ1v) is 6.77. The second-order valence-electron chi connectivity index (χ2n) is 4.14. The number of rotatable bonds is 2. The molecule has 19 heavy (non-hydrogen) atoms. The molecule has 0 N–H and O–H groups in total. The monoisotopic (exact) mass is 310 g/mol. The molecule has 3 rings (SSSR count). The normalized spacial score (nSPS) is 11.2. The molecule has 0 aliphatic rings. The fourth-order valence-electron chi connectivity index (χ4n) is 1.85. The largest absolute Gasteiger partial charge is 0.253 e. The summed E-state index contributed by atoms with van der Waals surface area (Å²) in [5, 5.41) is 1.14. The van der Waals surface area contributed by atoms with E-state index in [9.17, 15) is 0 Å². The molecule has 2 aromatic carbocycles. The highest BCUT2D eigenvalue weighted by atomic mass is 79.9. The highest BCUT2D eigenvalue weighted by molar-refractivity contribution is 9.10. The predicted octanol–water partition coefficient (Wildman–Crippen LogP) is 4.75. The number of aliphatic imine (C=N–C) groups is 1. The Hall–Kier alpha value is -2.00.